The highest BCUT2D eigenvalue weighted by Gasteiger charge is 2.02. The molecule has 0 radical (unpaired) electrons. The van der Waals surface area contributed by atoms with Crippen LogP contribution in [0.4, 0.5) is 5.13 Å². The van der Waals surface area contributed by atoms with Gasteiger partial charge in [-0.05, 0) is 6.92 Å². The van der Waals surface area contributed by atoms with Crippen molar-refractivity contribution in [3.8, 4) is 0 Å². The summed E-state index contributed by atoms with van der Waals surface area (Å²) in [5.74, 6) is 1.30. The van der Waals surface area contributed by atoms with Crippen LogP contribution >= 0.6 is 11.3 Å². The summed E-state index contributed by atoms with van der Waals surface area (Å²) < 4.78 is 4.95. The maximum absolute atomic E-state index is 4.95. The van der Waals surface area contributed by atoms with Crippen LogP contribution in [-0.2, 0) is 6.42 Å². The number of aryl methyl sites for hydroxylation is 1. The Labute approximate surface area is 84.4 Å². The Morgan fingerprint density at radius 1 is 1.57 bits per heavy atom. The van der Waals surface area contributed by atoms with E-state index in [0.29, 0.717) is 18.1 Å². The van der Waals surface area contributed by atoms with Gasteiger partial charge >= 0.3 is 0 Å². The molecule has 2 heterocycles. The van der Waals surface area contributed by atoms with Crippen molar-refractivity contribution in [3.05, 3.63) is 17.2 Å². The summed E-state index contributed by atoms with van der Waals surface area (Å²) in [5.41, 5.74) is 1.68. The van der Waals surface area contributed by atoms with Crippen LogP contribution < -0.4 is 5.32 Å². The molecule has 0 atom stereocenters. The molecule has 2 aromatic rings. The highest BCUT2D eigenvalue weighted by Crippen LogP contribution is 2.07. The molecule has 2 rings (SSSR count). The smallest absolute Gasteiger partial charge is 0.228 e. The summed E-state index contributed by atoms with van der Waals surface area (Å²) in [5, 5.41) is 15.1. The Bertz CT molecular complexity index is 384. The van der Waals surface area contributed by atoms with Crippen molar-refractivity contribution in [2.75, 3.05) is 11.9 Å². The maximum atomic E-state index is 4.95. The standard InChI is InChI=1S/C7H9N5OS/c1-5-10-6(13-12-5)2-3-8-7-11-9-4-14-7/h4H,2-3H2,1H3,(H,8,11). The highest BCUT2D eigenvalue weighted by molar-refractivity contribution is 7.13. The van der Waals surface area contributed by atoms with E-state index >= 15 is 0 Å². The first-order valence-corrected chi connectivity index (χ1v) is 5.02. The topological polar surface area (TPSA) is 76.7 Å². The second-order valence-electron chi connectivity index (χ2n) is 2.66. The van der Waals surface area contributed by atoms with E-state index in [-0.39, 0.29) is 0 Å². The summed E-state index contributed by atoms with van der Waals surface area (Å²) in [4.78, 5) is 4.08. The number of hydrogen-bond donors (Lipinski definition) is 1. The SMILES string of the molecule is Cc1noc(CCNc2nncs2)n1. The molecule has 0 fully saturated rings. The summed E-state index contributed by atoms with van der Waals surface area (Å²) in [6, 6.07) is 0. The van der Waals surface area contributed by atoms with Crippen LogP contribution in [0.25, 0.3) is 0 Å². The minimum Gasteiger partial charge on any atom is -0.360 e. The van der Waals surface area contributed by atoms with Crippen LogP contribution in [0.3, 0.4) is 0 Å². The van der Waals surface area contributed by atoms with Gasteiger partial charge in [0.1, 0.15) is 5.51 Å². The minimum absolute atomic E-state index is 0.638. The van der Waals surface area contributed by atoms with Crippen molar-refractivity contribution in [2.24, 2.45) is 0 Å². The second kappa shape index (κ2) is 4.14. The van der Waals surface area contributed by atoms with Gasteiger partial charge in [0.25, 0.3) is 0 Å². The first-order chi connectivity index (χ1) is 6.84. The number of anilines is 1. The van der Waals surface area contributed by atoms with E-state index in [1.807, 2.05) is 0 Å². The molecule has 0 aliphatic carbocycles. The van der Waals surface area contributed by atoms with Crippen LogP contribution in [0, 0.1) is 6.92 Å². The lowest BCUT2D eigenvalue weighted by atomic mass is 10.4. The molecule has 0 aromatic carbocycles. The van der Waals surface area contributed by atoms with Crippen LogP contribution in [0.15, 0.2) is 10.0 Å². The lowest BCUT2D eigenvalue weighted by Gasteiger charge is -1.96. The molecular formula is C7H9N5OS. The number of aromatic nitrogens is 4. The highest BCUT2D eigenvalue weighted by atomic mass is 32.1. The van der Waals surface area contributed by atoms with Crippen LogP contribution in [0.2, 0.25) is 0 Å². The molecule has 2 aromatic heterocycles. The van der Waals surface area contributed by atoms with Gasteiger partial charge in [-0.2, -0.15) is 4.98 Å². The van der Waals surface area contributed by atoms with Gasteiger partial charge in [-0.3, -0.25) is 0 Å². The first-order valence-electron chi connectivity index (χ1n) is 4.14. The molecule has 1 N–H and O–H groups in total. The molecule has 7 heteroatoms. The third-order valence-corrected chi connectivity index (χ3v) is 2.19. The van der Waals surface area contributed by atoms with Crippen LogP contribution in [0.1, 0.15) is 11.7 Å². The zero-order valence-electron chi connectivity index (χ0n) is 7.60. The van der Waals surface area contributed by atoms with E-state index in [1.165, 1.54) is 11.3 Å². The third kappa shape index (κ3) is 2.25. The Morgan fingerprint density at radius 3 is 3.14 bits per heavy atom. The van der Waals surface area contributed by atoms with Crippen molar-refractivity contribution < 1.29 is 4.52 Å². The van der Waals surface area contributed by atoms with Gasteiger partial charge in [0.05, 0.1) is 0 Å². The molecule has 74 valence electrons. The normalized spacial score (nSPS) is 10.4. The molecule has 0 unspecified atom stereocenters. The van der Waals surface area contributed by atoms with Crippen molar-refractivity contribution >= 4 is 16.5 Å². The summed E-state index contributed by atoms with van der Waals surface area (Å²) in [6.45, 7) is 2.52. The van der Waals surface area contributed by atoms with Gasteiger partial charge in [0.2, 0.25) is 11.0 Å². The van der Waals surface area contributed by atoms with Crippen molar-refractivity contribution in [3.63, 3.8) is 0 Å². The third-order valence-electron chi connectivity index (χ3n) is 1.54. The lowest BCUT2D eigenvalue weighted by Crippen LogP contribution is -2.04. The Balaban J connectivity index is 1.78. The number of hydrogen-bond acceptors (Lipinski definition) is 7. The summed E-state index contributed by atoms with van der Waals surface area (Å²) in [7, 11) is 0. The monoisotopic (exact) mass is 211 g/mol. The fourth-order valence-electron chi connectivity index (χ4n) is 0.968. The van der Waals surface area contributed by atoms with Gasteiger partial charge < -0.3 is 9.84 Å². The minimum atomic E-state index is 0.638. The molecule has 0 saturated heterocycles. The largest absolute Gasteiger partial charge is 0.360 e. The average molecular weight is 211 g/mol. The van der Waals surface area contributed by atoms with E-state index in [0.717, 1.165) is 11.7 Å². The predicted octanol–water partition coefficient (Wildman–Crippen LogP) is 0.884. The zero-order chi connectivity index (χ0) is 9.80. The van der Waals surface area contributed by atoms with Gasteiger partial charge in [0, 0.05) is 13.0 Å². The number of nitrogens with one attached hydrogen (secondary N) is 1. The van der Waals surface area contributed by atoms with Crippen LogP contribution in [-0.4, -0.2) is 26.9 Å². The van der Waals surface area contributed by atoms with E-state index < -0.39 is 0 Å². The van der Waals surface area contributed by atoms with Gasteiger partial charge in [0.15, 0.2) is 5.82 Å². The molecule has 14 heavy (non-hydrogen) atoms. The van der Waals surface area contributed by atoms with Crippen molar-refractivity contribution in [1.82, 2.24) is 20.3 Å². The fourth-order valence-corrected chi connectivity index (χ4v) is 1.44. The zero-order valence-corrected chi connectivity index (χ0v) is 8.41. The van der Waals surface area contributed by atoms with Gasteiger partial charge in [-0.1, -0.05) is 16.5 Å². The maximum Gasteiger partial charge on any atom is 0.228 e. The molecule has 0 spiro atoms. The Morgan fingerprint density at radius 2 is 2.50 bits per heavy atom. The van der Waals surface area contributed by atoms with Crippen molar-refractivity contribution in [2.45, 2.75) is 13.3 Å². The molecular weight excluding hydrogens is 202 g/mol. The number of nitrogens with zero attached hydrogens (tertiary/aromatic N) is 4. The summed E-state index contributed by atoms with van der Waals surface area (Å²) in [6.07, 6.45) is 0.695. The fraction of sp³-hybridized carbons (Fsp3) is 0.429. The Hall–Kier alpha value is -1.50. The van der Waals surface area contributed by atoms with E-state index in [9.17, 15) is 0 Å². The van der Waals surface area contributed by atoms with Crippen LogP contribution in [0.5, 0.6) is 0 Å². The van der Waals surface area contributed by atoms with E-state index in [2.05, 4.69) is 25.7 Å². The quantitative estimate of drug-likeness (QED) is 0.809. The Kier molecular flexibility index (Phi) is 2.68. The summed E-state index contributed by atoms with van der Waals surface area (Å²) >= 11 is 1.46. The molecule has 0 aliphatic rings. The van der Waals surface area contributed by atoms with Gasteiger partial charge in [-0.25, -0.2) is 0 Å². The number of rotatable bonds is 4. The molecule has 6 nitrogen and oxygen atoms in total. The second-order valence-corrected chi connectivity index (χ2v) is 3.49. The molecule has 0 bridgehead atoms. The first kappa shape index (κ1) is 9.07. The molecule has 0 aliphatic heterocycles. The lowest BCUT2D eigenvalue weighted by molar-refractivity contribution is 0.377. The van der Waals surface area contributed by atoms with E-state index in [1.54, 1.807) is 12.4 Å². The van der Waals surface area contributed by atoms with Gasteiger partial charge in [-0.15, -0.1) is 10.2 Å². The predicted molar refractivity (Wildman–Crippen MR) is 51.1 cm³/mol. The molecule has 0 amide bonds. The van der Waals surface area contributed by atoms with E-state index in [4.69, 9.17) is 4.52 Å². The van der Waals surface area contributed by atoms with Crippen molar-refractivity contribution in [1.29, 1.82) is 0 Å². The average Bonchev–Trinajstić information content (AvgIpc) is 2.77. The molecule has 0 saturated carbocycles.